The first kappa shape index (κ1) is 32.9. The highest BCUT2D eigenvalue weighted by atomic mass is 32.2. The predicted molar refractivity (Wildman–Crippen MR) is 174 cm³/mol. The quantitative estimate of drug-likeness (QED) is 0.224. The molecule has 0 unspecified atom stereocenters. The summed E-state index contributed by atoms with van der Waals surface area (Å²) in [6.45, 7) is 8.12. The van der Waals surface area contributed by atoms with Gasteiger partial charge in [0, 0.05) is 34.9 Å². The van der Waals surface area contributed by atoms with E-state index in [4.69, 9.17) is 9.47 Å². The molecule has 13 heteroatoms. The first-order valence-electron chi connectivity index (χ1n) is 15.2. The van der Waals surface area contributed by atoms with E-state index in [1.807, 2.05) is 37.3 Å². The zero-order valence-corrected chi connectivity index (χ0v) is 27.6. The number of hydrogen-bond donors (Lipinski definition) is 4. The van der Waals surface area contributed by atoms with Crippen LogP contribution in [0.4, 0.5) is 15.3 Å². The van der Waals surface area contributed by atoms with E-state index in [9.17, 15) is 18.0 Å². The molecule has 1 atom stereocenters. The van der Waals surface area contributed by atoms with E-state index in [2.05, 4.69) is 25.7 Å². The van der Waals surface area contributed by atoms with E-state index in [1.165, 1.54) is 17.4 Å². The van der Waals surface area contributed by atoms with Gasteiger partial charge in [-0.1, -0.05) is 36.4 Å². The van der Waals surface area contributed by atoms with Crippen molar-refractivity contribution < 1.29 is 27.5 Å². The van der Waals surface area contributed by atoms with Gasteiger partial charge in [-0.2, -0.15) is 0 Å². The van der Waals surface area contributed by atoms with Gasteiger partial charge in [0.1, 0.15) is 0 Å². The van der Waals surface area contributed by atoms with Crippen LogP contribution in [0.5, 0.6) is 0 Å². The van der Waals surface area contributed by atoms with Crippen LogP contribution in [0.1, 0.15) is 75.9 Å². The number of carbonyl (C=O) groups excluding carboxylic acids is 2. The van der Waals surface area contributed by atoms with Crippen molar-refractivity contribution in [2.24, 2.45) is 0 Å². The number of nitrogens with zero attached hydrogens (tertiary/aromatic N) is 1. The number of nitrogens with one attached hydrogen (secondary N) is 4. The first-order valence-corrected chi connectivity index (χ1v) is 17.5. The molecule has 1 aromatic heterocycles. The Labute approximate surface area is 268 Å². The summed E-state index contributed by atoms with van der Waals surface area (Å²) in [6.07, 6.45) is 4.46. The first-order chi connectivity index (χ1) is 21.4. The summed E-state index contributed by atoms with van der Waals surface area (Å²) in [5, 5.41) is 9.57. The highest BCUT2D eigenvalue weighted by molar-refractivity contribution is 7.89. The van der Waals surface area contributed by atoms with Gasteiger partial charge < -0.3 is 25.4 Å². The maximum Gasteiger partial charge on any atom is 0.407 e. The third-order valence-corrected chi connectivity index (χ3v) is 10.7. The Balaban J connectivity index is 1.29. The van der Waals surface area contributed by atoms with Gasteiger partial charge in [0.2, 0.25) is 10.0 Å². The summed E-state index contributed by atoms with van der Waals surface area (Å²) in [5.74, 6) is 0.210. The summed E-state index contributed by atoms with van der Waals surface area (Å²) in [6, 6.07) is 13.8. The van der Waals surface area contributed by atoms with Gasteiger partial charge in [-0.05, 0) is 71.1 Å². The number of thiazole rings is 1. The van der Waals surface area contributed by atoms with Crippen LogP contribution in [0, 0.1) is 0 Å². The maximum atomic E-state index is 13.7. The smallest absolute Gasteiger partial charge is 0.407 e. The Bertz CT molecular complexity index is 1590. The molecule has 242 valence electrons. The minimum Gasteiger partial charge on any atom is -0.441 e. The lowest BCUT2D eigenvalue weighted by atomic mass is 9.86. The molecule has 3 amide bonds. The fourth-order valence-corrected chi connectivity index (χ4v) is 8.25. The second-order valence-electron chi connectivity index (χ2n) is 12.6. The van der Waals surface area contributed by atoms with Crippen LogP contribution < -0.4 is 20.7 Å². The van der Waals surface area contributed by atoms with Crippen LogP contribution in [0.2, 0.25) is 0 Å². The molecule has 0 radical (unpaired) electrons. The van der Waals surface area contributed by atoms with Crippen LogP contribution in [0.15, 0.2) is 59.6 Å². The van der Waals surface area contributed by atoms with Gasteiger partial charge in [0.05, 0.1) is 34.0 Å². The van der Waals surface area contributed by atoms with E-state index in [0.717, 1.165) is 41.1 Å². The van der Waals surface area contributed by atoms with Crippen molar-refractivity contribution in [1.82, 2.24) is 20.3 Å². The zero-order valence-electron chi connectivity index (χ0n) is 26.0. The molecule has 2 aromatic carbocycles. The van der Waals surface area contributed by atoms with Gasteiger partial charge in [-0.15, -0.1) is 11.3 Å². The molecule has 2 fully saturated rings. The molecule has 5 rings (SSSR count). The number of hydrogen-bond acceptors (Lipinski definition) is 8. The maximum absolute atomic E-state index is 13.7. The Morgan fingerprint density at radius 3 is 2.40 bits per heavy atom. The number of urea groups is 1. The van der Waals surface area contributed by atoms with Crippen LogP contribution in [-0.2, 0) is 19.5 Å². The molecule has 45 heavy (non-hydrogen) atoms. The van der Waals surface area contributed by atoms with Crippen molar-refractivity contribution in [2.45, 2.75) is 87.9 Å². The molecule has 4 N–H and O–H groups in total. The Hall–Kier alpha value is -3.52. The van der Waals surface area contributed by atoms with Crippen molar-refractivity contribution >= 4 is 39.2 Å². The third-order valence-electron chi connectivity index (χ3n) is 7.69. The monoisotopic (exact) mass is 655 g/mol. The van der Waals surface area contributed by atoms with Crippen LogP contribution in [0.3, 0.4) is 0 Å². The van der Waals surface area contributed by atoms with Crippen LogP contribution in [-0.4, -0.2) is 56.4 Å². The molecule has 1 saturated carbocycles. The zero-order chi connectivity index (χ0) is 32.2. The number of anilines is 1. The number of rotatable bonds is 9. The summed E-state index contributed by atoms with van der Waals surface area (Å²) in [5.41, 5.74) is 1.10. The topological polar surface area (TPSA) is 148 Å². The average Bonchev–Trinajstić information content (AvgIpc) is 3.45. The standard InChI is InChI=1S/C32H41N5O6S2/c1-20(21-8-6-5-7-9-21)34-30(38)35-24-14-15-26(28(16-24)45(40,41)37-32(2,3)4)27-17-33-29(44-27)22-10-12-23(13-11-22)36-31(39)43-25-18-42-19-25/h5-9,14-17,20,22-23,25,37H,10-13,18-19H2,1-4H3,(H,36,39)(H2,34,35,38)/t20-,22?,23?/m0/s1. The second-order valence-corrected chi connectivity index (χ2v) is 15.3. The Morgan fingerprint density at radius 2 is 1.76 bits per heavy atom. The lowest BCUT2D eigenvalue weighted by Crippen LogP contribution is -2.44. The molecule has 1 saturated heterocycles. The number of sulfonamides is 1. The molecular formula is C32H41N5O6S2. The molecule has 1 aliphatic carbocycles. The van der Waals surface area contributed by atoms with Gasteiger partial charge >= 0.3 is 12.1 Å². The second kappa shape index (κ2) is 13.9. The minimum absolute atomic E-state index is 0.0438. The average molecular weight is 656 g/mol. The molecular weight excluding hydrogens is 615 g/mol. The summed E-state index contributed by atoms with van der Waals surface area (Å²) >= 11 is 1.47. The summed E-state index contributed by atoms with van der Waals surface area (Å²) < 4.78 is 40.4. The highest BCUT2D eigenvalue weighted by Gasteiger charge is 2.30. The SMILES string of the molecule is C[C@H](NC(=O)Nc1ccc(-c2cnc(C3CCC(NC(=O)OC4COC4)CC3)s2)c(S(=O)(=O)NC(C)(C)C)c1)c1ccccc1. The fraction of sp³-hybridized carbons (Fsp3) is 0.469. The lowest BCUT2D eigenvalue weighted by Gasteiger charge is -2.30. The molecule has 3 aromatic rings. The molecule has 0 spiro atoms. The number of aromatic nitrogens is 1. The van der Waals surface area contributed by atoms with E-state index in [-0.39, 0.29) is 29.0 Å². The molecule has 2 aliphatic rings. The van der Waals surface area contributed by atoms with Gasteiger partial charge in [-0.25, -0.2) is 27.7 Å². The minimum atomic E-state index is -3.96. The van der Waals surface area contributed by atoms with Crippen molar-refractivity contribution in [2.75, 3.05) is 18.5 Å². The third kappa shape index (κ3) is 8.81. The van der Waals surface area contributed by atoms with Crippen molar-refractivity contribution in [1.29, 1.82) is 0 Å². The number of ether oxygens (including phenoxy) is 2. The normalized spacial score (nSPS) is 19.6. The van der Waals surface area contributed by atoms with Crippen LogP contribution in [0.25, 0.3) is 10.4 Å². The van der Waals surface area contributed by atoms with Crippen LogP contribution >= 0.6 is 11.3 Å². The van der Waals surface area contributed by atoms with E-state index in [1.54, 1.807) is 39.1 Å². The van der Waals surface area contributed by atoms with Gasteiger partial charge in [0.25, 0.3) is 0 Å². The number of alkyl carbamates (subject to hydrolysis) is 1. The number of benzene rings is 2. The highest BCUT2D eigenvalue weighted by Crippen LogP contribution is 2.40. The van der Waals surface area contributed by atoms with E-state index in [0.29, 0.717) is 24.5 Å². The molecule has 1 aliphatic heterocycles. The number of carbonyl (C=O) groups is 2. The largest absolute Gasteiger partial charge is 0.441 e. The Kier molecular flexibility index (Phi) is 10.1. The Morgan fingerprint density at radius 1 is 1.04 bits per heavy atom. The van der Waals surface area contributed by atoms with Crippen molar-refractivity contribution in [3.63, 3.8) is 0 Å². The van der Waals surface area contributed by atoms with Gasteiger partial charge in [0.15, 0.2) is 6.10 Å². The van der Waals surface area contributed by atoms with Crippen molar-refractivity contribution in [3.05, 3.63) is 65.3 Å². The van der Waals surface area contributed by atoms with Crippen molar-refractivity contribution in [3.8, 4) is 10.4 Å². The molecule has 2 heterocycles. The lowest BCUT2D eigenvalue weighted by molar-refractivity contribution is -0.0985. The van der Waals surface area contributed by atoms with Gasteiger partial charge in [-0.3, -0.25) is 0 Å². The van der Waals surface area contributed by atoms with E-state index < -0.39 is 27.7 Å². The fourth-order valence-electron chi connectivity index (χ4n) is 5.39. The molecule has 0 bridgehead atoms. The summed E-state index contributed by atoms with van der Waals surface area (Å²) in [4.78, 5) is 30.4. The van der Waals surface area contributed by atoms with E-state index >= 15 is 0 Å². The predicted octanol–water partition coefficient (Wildman–Crippen LogP) is 5.92. The molecule has 11 nitrogen and oxygen atoms in total. The summed E-state index contributed by atoms with van der Waals surface area (Å²) in [7, 11) is -3.96. The number of amides is 3.